The lowest BCUT2D eigenvalue weighted by molar-refractivity contribution is 0.0707. The van der Waals surface area contributed by atoms with Gasteiger partial charge in [-0.25, -0.2) is 8.42 Å². The zero-order chi connectivity index (χ0) is 19.3. The lowest BCUT2D eigenvalue weighted by atomic mass is 9.98. The highest BCUT2D eigenvalue weighted by Crippen LogP contribution is 2.21. The Bertz CT molecular complexity index is 782. The first-order chi connectivity index (χ1) is 12.3. The summed E-state index contributed by atoms with van der Waals surface area (Å²) >= 11 is 0. The van der Waals surface area contributed by atoms with Crippen LogP contribution < -0.4 is 0 Å². The van der Waals surface area contributed by atoms with Gasteiger partial charge in [0.2, 0.25) is 10.0 Å². The molecular formula is C17H23N3O5S. The molecule has 1 heterocycles. The molecule has 2 rings (SSSR count). The Hall–Kier alpha value is -1.99. The lowest BCUT2D eigenvalue weighted by Gasteiger charge is -2.29. The number of likely N-dealkylation sites (N-methyl/N-ethyl adjacent to an activating group) is 1. The van der Waals surface area contributed by atoms with Crippen molar-refractivity contribution in [3.05, 3.63) is 29.8 Å². The summed E-state index contributed by atoms with van der Waals surface area (Å²) in [6.07, 6.45) is 0.0466. The highest BCUT2D eigenvalue weighted by molar-refractivity contribution is 7.89. The van der Waals surface area contributed by atoms with Gasteiger partial charge in [0, 0.05) is 38.2 Å². The molecule has 1 unspecified atom stereocenters. The van der Waals surface area contributed by atoms with Crippen LogP contribution in [0.4, 0.5) is 0 Å². The summed E-state index contributed by atoms with van der Waals surface area (Å²) in [5.74, 6) is -0.311. The SMILES string of the molecule is CN(CC(O)CO)S(=O)(=O)c1cccc(C(=O)N2CCC(C#N)CC2)c1. The van der Waals surface area contributed by atoms with Crippen LogP contribution in [0.1, 0.15) is 23.2 Å². The first-order valence-corrected chi connectivity index (χ1v) is 9.77. The number of hydrogen-bond acceptors (Lipinski definition) is 6. The van der Waals surface area contributed by atoms with Gasteiger partial charge in [-0.2, -0.15) is 9.57 Å². The van der Waals surface area contributed by atoms with E-state index >= 15 is 0 Å². The zero-order valence-electron chi connectivity index (χ0n) is 14.6. The van der Waals surface area contributed by atoms with Crippen molar-refractivity contribution < 1.29 is 23.4 Å². The maximum Gasteiger partial charge on any atom is 0.253 e. The lowest BCUT2D eigenvalue weighted by Crippen LogP contribution is -2.38. The number of rotatable bonds is 6. The third-order valence-corrected chi connectivity index (χ3v) is 6.25. The van der Waals surface area contributed by atoms with Crippen molar-refractivity contribution in [1.29, 1.82) is 5.26 Å². The second-order valence-electron chi connectivity index (χ2n) is 6.35. The Morgan fingerprint density at radius 1 is 1.42 bits per heavy atom. The van der Waals surface area contributed by atoms with E-state index in [0.29, 0.717) is 25.9 Å². The van der Waals surface area contributed by atoms with Crippen LogP contribution in [0.3, 0.4) is 0 Å². The second-order valence-corrected chi connectivity index (χ2v) is 8.39. The Morgan fingerprint density at radius 2 is 2.08 bits per heavy atom. The summed E-state index contributed by atoms with van der Waals surface area (Å²) in [6.45, 7) is 0.142. The maximum absolute atomic E-state index is 12.6. The Kier molecular flexibility index (Phi) is 6.72. The average molecular weight is 381 g/mol. The topological polar surface area (TPSA) is 122 Å². The molecule has 1 aliphatic heterocycles. The van der Waals surface area contributed by atoms with E-state index in [9.17, 15) is 18.3 Å². The molecule has 0 saturated carbocycles. The summed E-state index contributed by atoms with van der Waals surface area (Å²) < 4.78 is 26.1. The van der Waals surface area contributed by atoms with Gasteiger partial charge in [-0.1, -0.05) is 6.07 Å². The van der Waals surface area contributed by atoms with E-state index < -0.39 is 22.7 Å². The van der Waals surface area contributed by atoms with Crippen LogP contribution in [0, 0.1) is 17.2 Å². The molecule has 1 saturated heterocycles. The van der Waals surface area contributed by atoms with Gasteiger partial charge in [-0.15, -0.1) is 0 Å². The van der Waals surface area contributed by atoms with E-state index in [-0.39, 0.29) is 28.8 Å². The standard InChI is InChI=1S/C17H23N3O5S/c1-19(11-15(22)12-21)26(24,25)16-4-2-3-14(9-16)17(23)20-7-5-13(10-18)6-8-20/h2-4,9,13,15,21-22H,5-8,11-12H2,1H3. The minimum atomic E-state index is -3.90. The summed E-state index contributed by atoms with van der Waals surface area (Å²) in [5, 5.41) is 27.3. The number of likely N-dealkylation sites (tertiary alicyclic amines) is 1. The first-order valence-electron chi connectivity index (χ1n) is 8.33. The van der Waals surface area contributed by atoms with Gasteiger partial charge in [-0.05, 0) is 31.0 Å². The zero-order valence-corrected chi connectivity index (χ0v) is 15.4. The number of carbonyl (C=O) groups is 1. The molecule has 8 nitrogen and oxygen atoms in total. The number of amides is 1. The molecule has 0 aliphatic carbocycles. The van der Waals surface area contributed by atoms with E-state index in [0.717, 1.165) is 4.31 Å². The number of piperidine rings is 1. The Balaban J connectivity index is 2.17. The molecule has 0 aromatic heterocycles. The van der Waals surface area contributed by atoms with Crippen LogP contribution in [-0.2, 0) is 10.0 Å². The number of hydrogen-bond donors (Lipinski definition) is 2. The molecule has 0 radical (unpaired) electrons. The predicted molar refractivity (Wildman–Crippen MR) is 93.6 cm³/mol. The molecule has 0 bridgehead atoms. The monoisotopic (exact) mass is 381 g/mol. The van der Waals surface area contributed by atoms with E-state index in [2.05, 4.69) is 6.07 Å². The van der Waals surface area contributed by atoms with Gasteiger partial charge in [0.25, 0.3) is 5.91 Å². The van der Waals surface area contributed by atoms with Gasteiger partial charge in [-0.3, -0.25) is 4.79 Å². The summed E-state index contributed by atoms with van der Waals surface area (Å²) in [4.78, 5) is 14.2. The van der Waals surface area contributed by atoms with Crippen molar-refractivity contribution in [3.8, 4) is 6.07 Å². The number of benzene rings is 1. The quantitative estimate of drug-likeness (QED) is 0.717. The number of carbonyl (C=O) groups excluding carboxylic acids is 1. The number of sulfonamides is 1. The van der Waals surface area contributed by atoms with Crippen molar-refractivity contribution in [2.75, 3.05) is 33.3 Å². The third kappa shape index (κ3) is 4.59. The number of aliphatic hydroxyl groups is 2. The normalized spacial score (nSPS) is 17.1. The molecular weight excluding hydrogens is 358 g/mol. The smallest absolute Gasteiger partial charge is 0.253 e. The van der Waals surface area contributed by atoms with Crippen molar-refractivity contribution in [2.24, 2.45) is 5.92 Å². The maximum atomic E-state index is 12.6. The minimum absolute atomic E-state index is 0.0441. The number of aliphatic hydroxyl groups excluding tert-OH is 2. The third-order valence-electron chi connectivity index (χ3n) is 4.43. The van der Waals surface area contributed by atoms with Gasteiger partial charge in [0.05, 0.1) is 23.7 Å². The molecule has 9 heteroatoms. The van der Waals surface area contributed by atoms with Crippen LogP contribution in [0.5, 0.6) is 0 Å². The van der Waals surface area contributed by atoms with Crippen molar-refractivity contribution in [2.45, 2.75) is 23.8 Å². The van der Waals surface area contributed by atoms with Gasteiger partial charge in [0.15, 0.2) is 0 Å². The van der Waals surface area contributed by atoms with Gasteiger partial charge >= 0.3 is 0 Å². The molecule has 1 aliphatic rings. The average Bonchev–Trinajstić information content (AvgIpc) is 2.67. The molecule has 1 fully saturated rings. The summed E-state index contributed by atoms with van der Waals surface area (Å²) in [5.41, 5.74) is 0.262. The number of nitrogens with zero attached hydrogens (tertiary/aromatic N) is 3. The van der Waals surface area contributed by atoms with Crippen molar-refractivity contribution in [1.82, 2.24) is 9.21 Å². The molecule has 1 aromatic carbocycles. The fraction of sp³-hybridized carbons (Fsp3) is 0.529. The Morgan fingerprint density at radius 3 is 2.65 bits per heavy atom. The van der Waals surface area contributed by atoms with Crippen LogP contribution in [0.25, 0.3) is 0 Å². The molecule has 26 heavy (non-hydrogen) atoms. The van der Waals surface area contributed by atoms with Crippen molar-refractivity contribution >= 4 is 15.9 Å². The van der Waals surface area contributed by atoms with Gasteiger partial charge in [0.1, 0.15) is 0 Å². The van der Waals surface area contributed by atoms with E-state index in [1.807, 2.05) is 0 Å². The molecule has 2 N–H and O–H groups in total. The van der Waals surface area contributed by atoms with Crippen LogP contribution in [0.15, 0.2) is 29.2 Å². The summed E-state index contributed by atoms with van der Waals surface area (Å²) in [6, 6.07) is 7.96. The van der Waals surface area contributed by atoms with Crippen molar-refractivity contribution in [3.63, 3.8) is 0 Å². The second kappa shape index (κ2) is 8.60. The minimum Gasteiger partial charge on any atom is -0.394 e. The molecule has 0 spiro atoms. The highest BCUT2D eigenvalue weighted by atomic mass is 32.2. The van der Waals surface area contributed by atoms with Crippen LogP contribution in [-0.4, -0.2) is 73.1 Å². The predicted octanol–water partition coefficient (Wildman–Crippen LogP) is 0.0361. The number of nitriles is 1. The van der Waals surface area contributed by atoms with Gasteiger partial charge < -0.3 is 15.1 Å². The fourth-order valence-electron chi connectivity index (χ4n) is 2.82. The van der Waals surface area contributed by atoms with Crippen LogP contribution >= 0.6 is 0 Å². The first kappa shape index (κ1) is 20.3. The van der Waals surface area contributed by atoms with E-state index in [1.54, 1.807) is 11.0 Å². The van der Waals surface area contributed by atoms with E-state index in [4.69, 9.17) is 10.4 Å². The molecule has 1 aromatic rings. The van der Waals surface area contributed by atoms with Crippen LogP contribution in [0.2, 0.25) is 0 Å². The molecule has 1 atom stereocenters. The summed E-state index contributed by atoms with van der Waals surface area (Å²) in [7, 11) is -2.59. The molecule has 1 amide bonds. The highest BCUT2D eigenvalue weighted by Gasteiger charge is 2.26. The van der Waals surface area contributed by atoms with E-state index in [1.165, 1.54) is 25.2 Å². The fourth-order valence-corrected chi connectivity index (χ4v) is 4.07. The Labute approximate surface area is 153 Å². The molecule has 142 valence electrons. The largest absolute Gasteiger partial charge is 0.394 e.